The van der Waals surface area contributed by atoms with Crippen LogP contribution >= 0.6 is 0 Å². The van der Waals surface area contributed by atoms with Gasteiger partial charge in [0.15, 0.2) is 5.78 Å². The van der Waals surface area contributed by atoms with Crippen LogP contribution in [0.3, 0.4) is 0 Å². The zero-order chi connectivity index (χ0) is 14.1. The number of ketones is 1. The van der Waals surface area contributed by atoms with Gasteiger partial charge in [0.05, 0.1) is 0 Å². The van der Waals surface area contributed by atoms with E-state index in [0.29, 0.717) is 22.0 Å². The summed E-state index contributed by atoms with van der Waals surface area (Å²) in [6.45, 7) is 0. The van der Waals surface area contributed by atoms with Gasteiger partial charge in [-0.25, -0.2) is 8.78 Å². The van der Waals surface area contributed by atoms with Crippen molar-refractivity contribution >= 4 is 16.7 Å². The third kappa shape index (κ3) is 2.20. The van der Waals surface area contributed by atoms with E-state index in [2.05, 4.69) is 4.98 Å². The molecule has 100 valence electrons. The summed E-state index contributed by atoms with van der Waals surface area (Å²) in [7, 11) is 0. The first-order valence-corrected chi connectivity index (χ1v) is 6.18. The maximum Gasteiger partial charge on any atom is 0.169 e. The molecule has 0 fully saturated rings. The number of aromatic amines is 1. The van der Waals surface area contributed by atoms with E-state index in [1.54, 1.807) is 24.3 Å². The second-order valence-electron chi connectivity index (χ2n) is 4.58. The molecule has 0 atom stereocenters. The molecular weight excluding hydrogens is 260 g/mol. The maximum atomic E-state index is 13.5. The number of hydrogen-bond acceptors (Lipinski definition) is 1. The highest BCUT2D eigenvalue weighted by molar-refractivity contribution is 6.08. The number of hydrogen-bond donors (Lipinski definition) is 1. The van der Waals surface area contributed by atoms with E-state index in [1.165, 1.54) is 24.4 Å². The Morgan fingerprint density at radius 3 is 2.70 bits per heavy atom. The molecule has 3 rings (SSSR count). The monoisotopic (exact) mass is 271 g/mol. The summed E-state index contributed by atoms with van der Waals surface area (Å²) in [5, 5.41) is 0.520. The van der Waals surface area contributed by atoms with Crippen molar-refractivity contribution in [2.45, 2.75) is 6.42 Å². The zero-order valence-electron chi connectivity index (χ0n) is 10.5. The van der Waals surface area contributed by atoms with Gasteiger partial charge in [-0.1, -0.05) is 18.2 Å². The van der Waals surface area contributed by atoms with Crippen molar-refractivity contribution < 1.29 is 13.6 Å². The molecule has 1 aromatic heterocycles. The Labute approximate surface area is 114 Å². The second kappa shape index (κ2) is 4.89. The molecule has 1 N–H and O–H groups in total. The SMILES string of the molecule is O=C(Cc1ccccc1F)c1c[nH]c2ccc(F)cc12. The van der Waals surface area contributed by atoms with E-state index in [0.717, 1.165) is 0 Å². The van der Waals surface area contributed by atoms with Crippen molar-refractivity contribution in [2.24, 2.45) is 0 Å². The van der Waals surface area contributed by atoms with Gasteiger partial charge in [-0.3, -0.25) is 4.79 Å². The van der Waals surface area contributed by atoms with Gasteiger partial charge in [-0.2, -0.15) is 0 Å². The van der Waals surface area contributed by atoms with Gasteiger partial charge in [0.25, 0.3) is 0 Å². The number of rotatable bonds is 3. The lowest BCUT2D eigenvalue weighted by molar-refractivity contribution is 0.0993. The van der Waals surface area contributed by atoms with Crippen LogP contribution in [0.25, 0.3) is 10.9 Å². The highest BCUT2D eigenvalue weighted by atomic mass is 19.1. The molecule has 0 bridgehead atoms. The summed E-state index contributed by atoms with van der Waals surface area (Å²) in [4.78, 5) is 15.2. The molecule has 0 radical (unpaired) electrons. The standard InChI is InChI=1S/C16H11F2NO/c17-11-5-6-15-12(8-11)13(9-19-15)16(20)7-10-3-1-2-4-14(10)18/h1-6,8-9,19H,7H2. The number of H-pyrrole nitrogens is 1. The Bertz CT molecular complexity index is 792. The largest absolute Gasteiger partial charge is 0.360 e. The minimum Gasteiger partial charge on any atom is -0.360 e. The number of Topliss-reactive ketones (excluding diaryl/α,β-unsaturated/α-hetero) is 1. The van der Waals surface area contributed by atoms with E-state index in [-0.39, 0.29) is 12.2 Å². The quantitative estimate of drug-likeness (QED) is 0.721. The van der Waals surface area contributed by atoms with Gasteiger partial charge in [-0.15, -0.1) is 0 Å². The van der Waals surface area contributed by atoms with Gasteiger partial charge in [-0.05, 0) is 29.8 Å². The minimum absolute atomic E-state index is 0.0455. The molecule has 0 amide bonds. The van der Waals surface area contributed by atoms with E-state index in [4.69, 9.17) is 0 Å². The minimum atomic E-state index is -0.410. The summed E-state index contributed by atoms with van der Waals surface area (Å²) >= 11 is 0. The molecule has 2 nitrogen and oxygen atoms in total. The number of aromatic nitrogens is 1. The molecule has 20 heavy (non-hydrogen) atoms. The van der Waals surface area contributed by atoms with Crippen LogP contribution in [-0.4, -0.2) is 10.8 Å². The summed E-state index contributed by atoms with van der Waals surface area (Å²) in [5.74, 6) is -1.06. The predicted octanol–water partition coefficient (Wildman–Crippen LogP) is 3.87. The van der Waals surface area contributed by atoms with Crippen LogP contribution in [0, 0.1) is 11.6 Å². The Kier molecular flexibility index (Phi) is 3.06. The Morgan fingerprint density at radius 1 is 1.10 bits per heavy atom. The number of carbonyl (C=O) groups is 1. The summed E-state index contributed by atoms with van der Waals surface area (Å²) < 4.78 is 26.8. The van der Waals surface area contributed by atoms with Crippen molar-refractivity contribution in [3.63, 3.8) is 0 Å². The molecule has 3 aromatic rings. The number of halogens is 2. The normalized spacial score (nSPS) is 10.9. The number of fused-ring (bicyclic) bond motifs is 1. The first-order chi connectivity index (χ1) is 9.65. The van der Waals surface area contributed by atoms with Gasteiger partial charge in [0, 0.05) is 29.1 Å². The van der Waals surface area contributed by atoms with Crippen LogP contribution in [0.5, 0.6) is 0 Å². The third-order valence-electron chi connectivity index (χ3n) is 3.25. The van der Waals surface area contributed by atoms with Gasteiger partial charge >= 0.3 is 0 Å². The van der Waals surface area contributed by atoms with Crippen molar-refractivity contribution in [2.75, 3.05) is 0 Å². The fraction of sp³-hybridized carbons (Fsp3) is 0.0625. The predicted molar refractivity (Wildman–Crippen MR) is 72.7 cm³/mol. The van der Waals surface area contributed by atoms with Gasteiger partial charge in [0.2, 0.25) is 0 Å². The van der Waals surface area contributed by atoms with Crippen LogP contribution < -0.4 is 0 Å². The number of benzene rings is 2. The molecule has 1 heterocycles. The molecule has 0 aliphatic carbocycles. The Hall–Kier alpha value is -2.49. The Balaban J connectivity index is 1.97. The molecule has 2 aromatic carbocycles. The lowest BCUT2D eigenvalue weighted by Gasteiger charge is -2.02. The zero-order valence-corrected chi connectivity index (χ0v) is 10.5. The fourth-order valence-electron chi connectivity index (χ4n) is 2.23. The third-order valence-corrected chi connectivity index (χ3v) is 3.25. The van der Waals surface area contributed by atoms with Crippen LogP contribution in [0.4, 0.5) is 8.78 Å². The van der Waals surface area contributed by atoms with Crippen molar-refractivity contribution in [1.29, 1.82) is 0 Å². The van der Waals surface area contributed by atoms with E-state index in [9.17, 15) is 13.6 Å². The smallest absolute Gasteiger partial charge is 0.169 e. The van der Waals surface area contributed by atoms with Crippen LogP contribution in [-0.2, 0) is 6.42 Å². The summed E-state index contributed by atoms with van der Waals surface area (Å²) in [5.41, 5.74) is 1.40. The first-order valence-electron chi connectivity index (χ1n) is 6.18. The number of nitrogens with one attached hydrogen (secondary N) is 1. The number of carbonyl (C=O) groups excluding carboxylic acids is 1. The van der Waals surface area contributed by atoms with Crippen molar-refractivity contribution in [3.8, 4) is 0 Å². The lowest BCUT2D eigenvalue weighted by atomic mass is 10.0. The van der Waals surface area contributed by atoms with E-state index in [1.807, 2.05) is 0 Å². The molecule has 0 saturated carbocycles. The average molecular weight is 271 g/mol. The highest BCUT2D eigenvalue weighted by Crippen LogP contribution is 2.21. The van der Waals surface area contributed by atoms with Gasteiger partial charge < -0.3 is 4.98 Å². The summed E-state index contributed by atoms with van der Waals surface area (Å²) in [6.07, 6.45) is 1.49. The first kappa shape index (κ1) is 12.5. The maximum absolute atomic E-state index is 13.5. The van der Waals surface area contributed by atoms with Crippen LogP contribution in [0.1, 0.15) is 15.9 Å². The average Bonchev–Trinajstić information content (AvgIpc) is 2.84. The molecule has 0 aliphatic heterocycles. The van der Waals surface area contributed by atoms with E-state index < -0.39 is 11.6 Å². The topological polar surface area (TPSA) is 32.9 Å². The van der Waals surface area contributed by atoms with Crippen LogP contribution in [0.15, 0.2) is 48.7 Å². The summed E-state index contributed by atoms with van der Waals surface area (Å²) in [6, 6.07) is 10.3. The van der Waals surface area contributed by atoms with Gasteiger partial charge in [0.1, 0.15) is 11.6 Å². The van der Waals surface area contributed by atoms with Crippen LogP contribution in [0.2, 0.25) is 0 Å². The lowest BCUT2D eigenvalue weighted by Crippen LogP contribution is -2.04. The second-order valence-corrected chi connectivity index (χ2v) is 4.58. The fourth-order valence-corrected chi connectivity index (χ4v) is 2.23. The molecule has 0 unspecified atom stereocenters. The molecule has 4 heteroatoms. The highest BCUT2D eigenvalue weighted by Gasteiger charge is 2.14. The van der Waals surface area contributed by atoms with Crippen molar-refractivity contribution in [1.82, 2.24) is 4.98 Å². The van der Waals surface area contributed by atoms with Crippen molar-refractivity contribution in [3.05, 3.63) is 71.4 Å². The van der Waals surface area contributed by atoms with E-state index >= 15 is 0 Å². The molecule has 0 saturated heterocycles. The Morgan fingerprint density at radius 2 is 1.90 bits per heavy atom. The molecule has 0 aliphatic rings. The molecular formula is C16H11F2NO. The molecule has 0 spiro atoms.